The maximum absolute atomic E-state index is 15.3. The van der Waals surface area contributed by atoms with Gasteiger partial charge in [0.25, 0.3) is 0 Å². The lowest BCUT2D eigenvalue weighted by molar-refractivity contribution is 0.0524. The van der Waals surface area contributed by atoms with Crippen LogP contribution in [0.15, 0.2) is 41.3 Å². The lowest BCUT2D eigenvalue weighted by Crippen LogP contribution is -2.22. The van der Waals surface area contributed by atoms with Crippen LogP contribution in [0.4, 0.5) is 4.39 Å². The van der Waals surface area contributed by atoms with Crippen molar-refractivity contribution in [3.63, 3.8) is 0 Å². The molecule has 3 atom stereocenters. The first-order valence-electron chi connectivity index (χ1n) is 11.1. The van der Waals surface area contributed by atoms with Gasteiger partial charge in [-0.05, 0) is 62.3 Å². The minimum atomic E-state index is -2.52. The van der Waals surface area contributed by atoms with Gasteiger partial charge in [0.2, 0.25) is 5.43 Å². The van der Waals surface area contributed by atoms with Crippen molar-refractivity contribution in [2.24, 2.45) is 5.92 Å². The molecule has 1 aliphatic carbocycles. The molecule has 4 rings (SSSR count). The van der Waals surface area contributed by atoms with Gasteiger partial charge in [0, 0.05) is 18.1 Å². The van der Waals surface area contributed by atoms with Crippen molar-refractivity contribution in [1.82, 2.24) is 4.57 Å². The molecular formula is C25H26FNO6S. The Labute approximate surface area is 199 Å². The van der Waals surface area contributed by atoms with Crippen molar-refractivity contribution in [1.29, 1.82) is 0 Å². The standard InChI is InChI=1S/C25H26FNO6S/c1-4-27-13-20(25(29)32-5-2)23(28)19-12-21(26)17-10-16(11-18(17)22(19)27)24(33-34(30)31)15-8-6-14(3)7-9-15/h6-9,12-13,16,24H,4-5,10-11H2,1-3H3,(H,30,31). The molecule has 0 saturated carbocycles. The lowest BCUT2D eigenvalue weighted by atomic mass is 9.92. The highest BCUT2D eigenvalue weighted by Crippen LogP contribution is 2.41. The van der Waals surface area contributed by atoms with Crippen LogP contribution in [-0.4, -0.2) is 25.9 Å². The molecule has 0 aliphatic heterocycles. The molecule has 1 N–H and O–H groups in total. The topological polar surface area (TPSA) is 94.8 Å². The van der Waals surface area contributed by atoms with Crippen LogP contribution in [0.2, 0.25) is 0 Å². The third-order valence-corrected chi connectivity index (χ3v) is 6.69. The number of hydrogen-bond acceptors (Lipinski definition) is 5. The summed E-state index contributed by atoms with van der Waals surface area (Å²) in [5.41, 5.74) is 2.70. The lowest BCUT2D eigenvalue weighted by Gasteiger charge is -2.22. The number of halogens is 1. The van der Waals surface area contributed by atoms with Crippen LogP contribution in [0, 0.1) is 18.7 Å². The van der Waals surface area contributed by atoms with Crippen molar-refractivity contribution in [2.75, 3.05) is 6.61 Å². The Morgan fingerprint density at radius 1 is 1.24 bits per heavy atom. The summed E-state index contributed by atoms with van der Waals surface area (Å²) in [5, 5.41) is 0.114. The Hall–Kier alpha value is -2.88. The van der Waals surface area contributed by atoms with Crippen molar-refractivity contribution >= 4 is 28.2 Å². The van der Waals surface area contributed by atoms with E-state index in [1.807, 2.05) is 38.1 Å². The molecular weight excluding hydrogens is 461 g/mol. The van der Waals surface area contributed by atoms with Gasteiger partial charge in [-0.3, -0.25) is 13.5 Å². The van der Waals surface area contributed by atoms with Crippen LogP contribution < -0.4 is 5.43 Å². The molecule has 1 aromatic heterocycles. The smallest absolute Gasteiger partial charge is 0.343 e. The number of esters is 1. The number of hydrogen-bond donors (Lipinski definition) is 1. The summed E-state index contributed by atoms with van der Waals surface area (Å²) in [5.74, 6) is -1.61. The second-order valence-electron chi connectivity index (χ2n) is 8.40. The fraction of sp³-hybridized carbons (Fsp3) is 0.360. The van der Waals surface area contributed by atoms with Gasteiger partial charge >= 0.3 is 17.3 Å². The molecule has 0 bridgehead atoms. The first-order chi connectivity index (χ1) is 16.2. The van der Waals surface area contributed by atoms with Crippen LogP contribution in [0.5, 0.6) is 0 Å². The fourth-order valence-electron chi connectivity index (χ4n) is 4.76. The number of carbonyl (C=O) groups excluding carboxylic acids is 1. The second-order valence-corrected chi connectivity index (χ2v) is 9.03. The second kappa shape index (κ2) is 9.77. The zero-order valence-electron chi connectivity index (χ0n) is 19.2. The quantitative estimate of drug-likeness (QED) is 0.395. The Morgan fingerprint density at radius 3 is 2.53 bits per heavy atom. The molecule has 180 valence electrons. The molecule has 34 heavy (non-hydrogen) atoms. The molecule has 0 spiro atoms. The van der Waals surface area contributed by atoms with E-state index in [0.29, 0.717) is 35.2 Å². The molecule has 1 heterocycles. The van der Waals surface area contributed by atoms with Crippen LogP contribution in [0.1, 0.15) is 52.6 Å². The summed E-state index contributed by atoms with van der Waals surface area (Å²) in [4.78, 5) is 25.4. The number of fused-ring (bicyclic) bond motifs is 3. The highest BCUT2D eigenvalue weighted by Gasteiger charge is 2.36. The van der Waals surface area contributed by atoms with Gasteiger partial charge in [-0.15, -0.1) is 0 Å². The number of carbonyl (C=O) groups is 1. The molecule has 0 fully saturated rings. The Kier molecular flexibility index (Phi) is 6.97. The van der Waals surface area contributed by atoms with Gasteiger partial charge in [0.05, 0.1) is 12.1 Å². The zero-order chi connectivity index (χ0) is 24.6. The average molecular weight is 488 g/mol. The predicted molar refractivity (Wildman–Crippen MR) is 126 cm³/mol. The highest BCUT2D eigenvalue weighted by molar-refractivity contribution is 7.74. The van der Waals surface area contributed by atoms with Crippen LogP contribution in [0.25, 0.3) is 10.9 Å². The summed E-state index contributed by atoms with van der Waals surface area (Å²) >= 11 is -2.52. The van der Waals surface area contributed by atoms with Crippen LogP contribution >= 0.6 is 0 Å². The maximum Gasteiger partial charge on any atom is 0.343 e. The van der Waals surface area contributed by atoms with Gasteiger partial charge in [0.1, 0.15) is 17.5 Å². The summed E-state index contributed by atoms with van der Waals surface area (Å²) < 4.78 is 48.5. The normalized spacial score (nSPS) is 16.9. The van der Waals surface area contributed by atoms with E-state index < -0.39 is 34.7 Å². The Bertz CT molecular complexity index is 1330. The van der Waals surface area contributed by atoms with Gasteiger partial charge in [-0.25, -0.2) is 9.18 Å². The number of ether oxygens (including phenoxy) is 1. The highest BCUT2D eigenvalue weighted by atomic mass is 32.2. The van der Waals surface area contributed by atoms with Crippen LogP contribution in [-0.2, 0) is 39.7 Å². The third kappa shape index (κ3) is 4.43. The van der Waals surface area contributed by atoms with Gasteiger partial charge in [0.15, 0.2) is 0 Å². The van der Waals surface area contributed by atoms with Crippen molar-refractivity contribution in [2.45, 2.75) is 46.3 Å². The van der Waals surface area contributed by atoms with Crippen molar-refractivity contribution < 1.29 is 26.9 Å². The van der Waals surface area contributed by atoms with E-state index in [-0.39, 0.29) is 29.9 Å². The molecule has 0 radical (unpaired) electrons. The third-order valence-electron chi connectivity index (χ3n) is 6.31. The first-order valence-corrected chi connectivity index (χ1v) is 12.2. The van der Waals surface area contributed by atoms with Crippen molar-refractivity contribution in [3.8, 4) is 0 Å². The summed E-state index contributed by atoms with van der Waals surface area (Å²) in [6, 6.07) is 8.61. The Balaban J connectivity index is 1.84. The van der Waals surface area contributed by atoms with E-state index in [9.17, 15) is 18.4 Å². The average Bonchev–Trinajstić information content (AvgIpc) is 3.25. The van der Waals surface area contributed by atoms with E-state index in [1.54, 1.807) is 11.5 Å². The number of pyridine rings is 1. The van der Waals surface area contributed by atoms with E-state index in [2.05, 4.69) is 0 Å². The molecule has 3 aromatic rings. The molecule has 9 heteroatoms. The van der Waals surface area contributed by atoms with Gasteiger partial charge in [-0.1, -0.05) is 29.8 Å². The van der Waals surface area contributed by atoms with Gasteiger partial charge in [-0.2, -0.15) is 4.21 Å². The van der Waals surface area contributed by atoms with Gasteiger partial charge < -0.3 is 9.30 Å². The Morgan fingerprint density at radius 2 is 1.91 bits per heavy atom. The molecule has 1 aliphatic rings. The molecule has 0 amide bonds. The number of benzene rings is 2. The SMILES string of the molecule is CCOC(=O)c1cn(CC)c2c3c(c(F)cc2c1=O)CC(C(OS(=O)O)c1ccc(C)cc1)C3. The van der Waals surface area contributed by atoms with Crippen molar-refractivity contribution in [3.05, 3.63) is 80.4 Å². The number of nitrogens with zero attached hydrogens (tertiary/aromatic N) is 1. The summed E-state index contributed by atoms with van der Waals surface area (Å²) in [6.45, 7) is 6.02. The summed E-state index contributed by atoms with van der Waals surface area (Å²) in [7, 11) is 0. The fourth-order valence-corrected chi connectivity index (χ4v) is 5.21. The monoisotopic (exact) mass is 487 g/mol. The number of aromatic nitrogens is 1. The minimum absolute atomic E-state index is 0.114. The largest absolute Gasteiger partial charge is 0.462 e. The van der Waals surface area contributed by atoms with E-state index in [0.717, 1.165) is 5.56 Å². The first kappa shape index (κ1) is 24.3. The number of aryl methyl sites for hydroxylation is 2. The van der Waals surface area contributed by atoms with E-state index >= 15 is 4.39 Å². The van der Waals surface area contributed by atoms with E-state index in [4.69, 9.17) is 8.92 Å². The molecule has 2 aromatic carbocycles. The molecule has 3 unspecified atom stereocenters. The molecule has 0 saturated heterocycles. The number of rotatable bonds is 7. The maximum atomic E-state index is 15.3. The van der Waals surface area contributed by atoms with E-state index in [1.165, 1.54) is 12.3 Å². The minimum Gasteiger partial charge on any atom is -0.462 e. The summed E-state index contributed by atoms with van der Waals surface area (Å²) in [6.07, 6.45) is 1.35. The predicted octanol–water partition coefficient (Wildman–Crippen LogP) is 4.26. The van der Waals surface area contributed by atoms with Crippen LogP contribution in [0.3, 0.4) is 0 Å². The zero-order valence-corrected chi connectivity index (χ0v) is 20.0. The molecule has 7 nitrogen and oxygen atoms in total.